The average molecular weight is 144 g/mol. The molecular formula is C7H14NS. The smallest absolute Gasteiger partial charge is 0.00755 e. The Balaban J connectivity index is 2.23. The van der Waals surface area contributed by atoms with Crippen LogP contribution in [-0.4, -0.2) is 35.5 Å². The highest BCUT2D eigenvalue weighted by Crippen LogP contribution is 2.10. The van der Waals surface area contributed by atoms with E-state index in [1.165, 1.54) is 24.6 Å². The second-order valence-corrected chi connectivity index (χ2v) is 3.72. The summed E-state index contributed by atoms with van der Waals surface area (Å²) in [5.74, 6) is 2.58. The van der Waals surface area contributed by atoms with Crippen LogP contribution in [0.25, 0.3) is 0 Å². The van der Waals surface area contributed by atoms with Crippen molar-refractivity contribution in [3.63, 3.8) is 0 Å². The number of hydrogen-bond donors (Lipinski definition) is 0. The predicted octanol–water partition coefficient (Wildman–Crippen LogP) is 1.26. The van der Waals surface area contributed by atoms with Gasteiger partial charge in [0.2, 0.25) is 0 Å². The second-order valence-electron chi connectivity index (χ2n) is 2.50. The number of thioether (sulfide) groups is 1. The van der Waals surface area contributed by atoms with Gasteiger partial charge in [-0.1, -0.05) is 0 Å². The maximum absolute atomic E-state index is 3.98. The van der Waals surface area contributed by atoms with Gasteiger partial charge in [-0.05, 0) is 13.8 Å². The molecule has 53 valence electrons. The van der Waals surface area contributed by atoms with Gasteiger partial charge in [0.25, 0.3) is 0 Å². The summed E-state index contributed by atoms with van der Waals surface area (Å²) in [5.41, 5.74) is 0. The van der Waals surface area contributed by atoms with E-state index in [9.17, 15) is 0 Å². The molecular weight excluding hydrogens is 130 g/mol. The molecule has 1 saturated heterocycles. The van der Waals surface area contributed by atoms with Crippen molar-refractivity contribution in [2.45, 2.75) is 13.0 Å². The molecule has 0 N–H and O–H groups in total. The van der Waals surface area contributed by atoms with Gasteiger partial charge >= 0.3 is 0 Å². The monoisotopic (exact) mass is 144 g/mol. The zero-order valence-electron chi connectivity index (χ0n) is 5.97. The molecule has 1 unspecified atom stereocenters. The van der Waals surface area contributed by atoms with Gasteiger partial charge in [-0.25, -0.2) is 0 Å². The van der Waals surface area contributed by atoms with Crippen molar-refractivity contribution in [1.29, 1.82) is 0 Å². The number of hydrogen-bond acceptors (Lipinski definition) is 2. The van der Waals surface area contributed by atoms with Crippen LogP contribution in [0.15, 0.2) is 0 Å². The van der Waals surface area contributed by atoms with Crippen LogP contribution >= 0.6 is 11.8 Å². The Labute approximate surface area is 61.8 Å². The molecule has 0 aromatic rings. The molecule has 0 aromatic carbocycles. The molecule has 0 aromatic heterocycles. The molecule has 1 aliphatic heterocycles. The van der Waals surface area contributed by atoms with Crippen molar-refractivity contribution >= 4 is 11.8 Å². The van der Waals surface area contributed by atoms with Gasteiger partial charge in [0.1, 0.15) is 0 Å². The fourth-order valence-electron chi connectivity index (χ4n) is 1.02. The van der Waals surface area contributed by atoms with Crippen molar-refractivity contribution < 1.29 is 0 Å². The topological polar surface area (TPSA) is 3.24 Å². The minimum atomic E-state index is 0.505. The van der Waals surface area contributed by atoms with Crippen LogP contribution in [0.2, 0.25) is 0 Å². The van der Waals surface area contributed by atoms with Crippen molar-refractivity contribution in [1.82, 2.24) is 4.90 Å². The maximum Gasteiger partial charge on any atom is 0.00755 e. The number of nitrogens with zero attached hydrogens (tertiary/aromatic N) is 1. The van der Waals surface area contributed by atoms with Crippen LogP contribution in [-0.2, 0) is 0 Å². The molecule has 1 radical (unpaired) electrons. The average Bonchev–Trinajstić information content (AvgIpc) is 1.90. The van der Waals surface area contributed by atoms with Crippen molar-refractivity contribution in [3.8, 4) is 0 Å². The first-order valence-electron chi connectivity index (χ1n) is 3.45. The third-order valence-electron chi connectivity index (χ3n) is 1.67. The van der Waals surface area contributed by atoms with Crippen molar-refractivity contribution in [2.75, 3.05) is 24.6 Å². The molecule has 0 bridgehead atoms. The van der Waals surface area contributed by atoms with Gasteiger partial charge < -0.3 is 0 Å². The van der Waals surface area contributed by atoms with Crippen LogP contribution in [0.4, 0.5) is 0 Å². The van der Waals surface area contributed by atoms with E-state index in [-0.39, 0.29) is 0 Å². The van der Waals surface area contributed by atoms with Crippen LogP contribution in [0.5, 0.6) is 0 Å². The molecule has 0 aliphatic carbocycles. The third-order valence-corrected chi connectivity index (χ3v) is 2.61. The minimum absolute atomic E-state index is 0.505. The van der Waals surface area contributed by atoms with Crippen LogP contribution < -0.4 is 0 Å². The summed E-state index contributed by atoms with van der Waals surface area (Å²) in [5, 5.41) is 0. The SMILES string of the molecule is [CH2]C(C)N1CCSCC1. The first kappa shape index (κ1) is 7.42. The molecule has 1 nitrogen and oxygen atoms in total. The van der Waals surface area contributed by atoms with Gasteiger partial charge in [0.05, 0.1) is 0 Å². The largest absolute Gasteiger partial charge is 0.299 e. The van der Waals surface area contributed by atoms with E-state index in [4.69, 9.17) is 0 Å². The van der Waals surface area contributed by atoms with Crippen molar-refractivity contribution in [2.24, 2.45) is 0 Å². The highest BCUT2D eigenvalue weighted by Gasteiger charge is 2.12. The Morgan fingerprint density at radius 1 is 1.44 bits per heavy atom. The van der Waals surface area contributed by atoms with E-state index < -0.39 is 0 Å². The molecule has 1 rings (SSSR count). The molecule has 0 amide bonds. The standard InChI is InChI=1S/C7H14NS/c1-7(2)8-3-5-9-6-4-8/h7H,1,3-6H2,2H3. The normalized spacial score (nSPS) is 23.0. The minimum Gasteiger partial charge on any atom is -0.299 e. The Bertz CT molecular complexity index is 77.0. The molecule has 1 atom stereocenters. The van der Waals surface area contributed by atoms with Gasteiger partial charge in [-0.15, -0.1) is 0 Å². The first-order chi connectivity index (χ1) is 4.30. The van der Waals surface area contributed by atoms with E-state index in [1.54, 1.807) is 0 Å². The van der Waals surface area contributed by atoms with Gasteiger partial charge in [0.15, 0.2) is 0 Å². The van der Waals surface area contributed by atoms with Crippen LogP contribution in [0.3, 0.4) is 0 Å². The molecule has 1 heterocycles. The Hall–Kier alpha value is 0.310. The Morgan fingerprint density at radius 3 is 2.33 bits per heavy atom. The lowest BCUT2D eigenvalue weighted by molar-refractivity contribution is 0.265. The van der Waals surface area contributed by atoms with Crippen LogP contribution in [0, 0.1) is 6.92 Å². The van der Waals surface area contributed by atoms with E-state index in [1.807, 2.05) is 11.8 Å². The quantitative estimate of drug-likeness (QED) is 0.545. The molecule has 0 saturated carbocycles. The highest BCUT2D eigenvalue weighted by atomic mass is 32.2. The Morgan fingerprint density at radius 2 is 2.00 bits per heavy atom. The summed E-state index contributed by atoms with van der Waals surface area (Å²) in [7, 11) is 0. The summed E-state index contributed by atoms with van der Waals surface area (Å²) in [6.45, 7) is 8.60. The molecule has 1 aliphatic rings. The highest BCUT2D eigenvalue weighted by molar-refractivity contribution is 7.99. The lowest BCUT2D eigenvalue weighted by Crippen LogP contribution is -2.37. The van der Waals surface area contributed by atoms with E-state index in [2.05, 4.69) is 18.7 Å². The van der Waals surface area contributed by atoms with Gasteiger partial charge in [-0.3, -0.25) is 4.90 Å². The Kier molecular flexibility index (Phi) is 2.86. The second kappa shape index (κ2) is 3.47. The van der Waals surface area contributed by atoms with Gasteiger partial charge in [-0.2, -0.15) is 11.8 Å². The van der Waals surface area contributed by atoms with Crippen molar-refractivity contribution in [3.05, 3.63) is 6.92 Å². The zero-order valence-corrected chi connectivity index (χ0v) is 6.78. The van der Waals surface area contributed by atoms with Crippen LogP contribution in [0.1, 0.15) is 6.92 Å². The predicted molar refractivity (Wildman–Crippen MR) is 43.7 cm³/mol. The molecule has 0 spiro atoms. The van der Waals surface area contributed by atoms with E-state index >= 15 is 0 Å². The first-order valence-corrected chi connectivity index (χ1v) is 4.61. The van der Waals surface area contributed by atoms with Gasteiger partial charge in [0, 0.05) is 30.6 Å². The fourth-order valence-corrected chi connectivity index (χ4v) is 1.95. The fraction of sp³-hybridized carbons (Fsp3) is 0.857. The number of rotatable bonds is 1. The zero-order chi connectivity index (χ0) is 6.69. The maximum atomic E-state index is 3.98. The lowest BCUT2D eigenvalue weighted by Gasteiger charge is -2.29. The summed E-state index contributed by atoms with van der Waals surface area (Å²) in [6.07, 6.45) is 0. The molecule has 2 heteroatoms. The summed E-state index contributed by atoms with van der Waals surface area (Å²) in [6, 6.07) is 0.505. The van der Waals surface area contributed by atoms with E-state index in [0.717, 1.165) is 0 Å². The molecule has 1 fully saturated rings. The summed E-state index contributed by atoms with van der Waals surface area (Å²) >= 11 is 2.05. The third kappa shape index (κ3) is 2.18. The van der Waals surface area contributed by atoms with E-state index in [0.29, 0.717) is 6.04 Å². The summed E-state index contributed by atoms with van der Waals surface area (Å²) in [4.78, 5) is 2.43. The summed E-state index contributed by atoms with van der Waals surface area (Å²) < 4.78 is 0. The molecule has 9 heavy (non-hydrogen) atoms. The lowest BCUT2D eigenvalue weighted by atomic mass is 10.3.